The molecule has 4 heteroatoms. The van der Waals surface area contributed by atoms with E-state index in [9.17, 15) is 4.79 Å². The van der Waals surface area contributed by atoms with Crippen LogP contribution in [-0.2, 0) is 9.53 Å². The molecule has 0 saturated carbocycles. The molecule has 1 aliphatic heterocycles. The van der Waals surface area contributed by atoms with Crippen LogP contribution in [0.25, 0.3) is 0 Å². The molecule has 0 aromatic heterocycles. The number of nitrogens with zero attached hydrogens (tertiary/aromatic N) is 1. The van der Waals surface area contributed by atoms with Gasteiger partial charge >= 0.3 is 0 Å². The van der Waals surface area contributed by atoms with Crippen molar-refractivity contribution in [3.63, 3.8) is 0 Å². The summed E-state index contributed by atoms with van der Waals surface area (Å²) in [6.45, 7) is 10.0. The lowest BCUT2D eigenvalue weighted by molar-refractivity contribution is -0.146. The van der Waals surface area contributed by atoms with Gasteiger partial charge in [0, 0.05) is 6.54 Å². The van der Waals surface area contributed by atoms with Gasteiger partial charge in [0.05, 0.1) is 24.0 Å². The highest BCUT2D eigenvalue weighted by atomic mass is 32.1. The maximum atomic E-state index is 12.1. The van der Waals surface area contributed by atoms with Crippen molar-refractivity contribution in [2.45, 2.75) is 38.5 Å². The minimum absolute atomic E-state index is 0.127. The Kier molecular flexibility index (Phi) is 4.06. The maximum Gasteiger partial charge on any atom is 0.236 e. The van der Waals surface area contributed by atoms with Gasteiger partial charge in [0.15, 0.2) is 0 Å². The first kappa shape index (κ1) is 12.8. The van der Waals surface area contributed by atoms with Gasteiger partial charge in [-0.3, -0.25) is 4.79 Å². The number of thiol groups is 1. The van der Waals surface area contributed by atoms with Crippen molar-refractivity contribution in [1.82, 2.24) is 4.90 Å². The predicted molar refractivity (Wildman–Crippen MR) is 64.2 cm³/mol. The van der Waals surface area contributed by atoms with E-state index in [2.05, 4.69) is 12.6 Å². The van der Waals surface area contributed by atoms with E-state index < -0.39 is 0 Å². The zero-order valence-electron chi connectivity index (χ0n) is 9.99. The van der Waals surface area contributed by atoms with E-state index in [-0.39, 0.29) is 22.6 Å². The Morgan fingerprint density at radius 3 is 2.53 bits per heavy atom. The third-order valence-electron chi connectivity index (χ3n) is 2.80. The molecule has 0 spiro atoms. The molecule has 88 valence electrons. The average Bonchev–Trinajstić information content (AvgIpc) is 2.15. The molecule has 0 aromatic carbocycles. The molecule has 1 saturated heterocycles. The van der Waals surface area contributed by atoms with E-state index in [4.69, 9.17) is 4.74 Å². The first-order valence-corrected chi connectivity index (χ1v) is 5.95. The molecule has 1 aliphatic rings. The number of hydrogen-bond acceptors (Lipinski definition) is 3. The van der Waals surface area contributed by atoms with Gasteiger partial charge in [0.25, 0.3) is 0 Å². The van der Waals surface area contributed by atoms with E-state index in [1.54, 1.807) is 0 Å². The first-order valence-electron chi connectivity index (χ1n) is 5.43. The summed E-state index contributed by atoms with van der Waals surface area (Å²) < 4.78 is 5.39. The topological polar surface area (TPSA) is 29.5 Å². The highest BCUT2D eigenvalue weighted by Crippen LogP contribution is 2.23. The highest BCUT2D eigenvalue weighted by molar-refractivity contribution is 7.81. The largest absolute Gasteiger partial charge is 0.377 e. The van der Waals surface area contributed by atoms with Crippen molar-refractivity contribution in [3.8, 4) is 0 Å². The number of hydrogen-bond donors (Lipinski definition) is 1. The van der Waals surface area contributed by atoms with Crippen LogP contribution in [0.3, 0.4) is 0 Å². The van der Waals surface area contributed by atoms with Gasteiger partial charge in [-0.15, -0.1) is 0 Å². The Balaban J connectivity index is 2.73. The molecule has 1 heterocycles. The Morgan fingerprint density at radius 2 is 2.07 bits per heavy atom. The van der Waals surface area contributed by atoms with E-state index in [1.165, 1.54) is 0 Å². The van der Waals surface area contributed by atoms with Crippen molar-refractivity contribution in [2.75, 3.05) is 19.8 Å². The highest BCUT2D eigenvalue weighted by Gasteiger charge is 2.36. The molecule has 1 rings (SSSR count). The van der Waals surface area contributed by atoms with Gasteiger partial charge in [-0.2, -0.15) is 12.6 Å². The van der Waals surface area contributed by atoms with Crippen molar-refractivity contribution in [1.29, 1.82) is 0 Å². The van der Waals surface area contributed by atoms with E-state index in [0.29, 0.717) is 19.8 Å². The summed E-state index contributed by atoms with van der Waals surface area (Å²) in [6.07, 6.45) is 0. The molecule has 0 aromatic rings. The fraction of sp³-hybridized carbons (Fsp3) is 0.909. The van der Waals surface area contributed by atoms with Crippen LogP contribution < -0.4 is 0 Å². The number of rotatable bonds is 2. The Morgan fingerprint density at radius 1 is 1.47 bits per heavy atom. The minimum atomic E-state index is -0.206. The van der Waals surface area contributed by atoms with Gasteiger partial charge in [0.1, 0.15) is 0 Å². The quantitative estimate of drug-likeness (QED) is 0.731. The van der Waals surface area contributed by atoms with Crippen LogP contribution in [0.4, 0.5) is 0 Å². The lowest BCUT2D eigenvalue weighted by Gasteiger charge is -2.43. The molecule has 0 N–H and O–H groups in total. The van der Waals surface area contributed by atoms with Crippen LogP contribution in [0.5, 0.6) is 0 Å². The molecule has 1 amide bonds. The van der Waals surface area contributed by atoms with Gasteiger partial charge in [0.2, 0.25) is 5.91 Å². The van der Waals surface area contributed by atoms with Gasteiger partial charge in [-0.05, 0) is 19.8 Å². The molecule has 3 nitrogen and oxygen atoms in total. The summed E-state index contributed by atoms with van der Waals surface area (Å²) in [4.78, 5) is 14.0. The fourth-order valence-electron chi connectivity index (χ4n) is 1.71. The molecule has 0 bridgehead atoms. The number of amides is 1. The second-order valence-electron chi connectivity index (χ2n) is 5.04. The summed E-state index contributed by atoms with van der Waals surface area (Å²) in [6, 6.07) is 0. The average molecular weight is 231 g/mol. The Bertz CT molecular complexity index is 241. The lowest BCUT2D eigenvalue weighted by atomic mass is 10.00. The standard InChI is InChI=1S/C11H21NO2S/c1-8(2)9(15)10(13)12-5-6-14-7-11(12,3)4/h8-9,15H,5-7H2,1-4H3. The monoisotopic (exact) mass is 231 g/mol. The summed E-state index contributed by atoms with van der Waals surface area (Å²) in [7, 11) is 0. The molecule has 0 aliphatic carbocycles. The molecule has 1 fully saturated rings. The lowest BCUT2D eigenvalue weighted by Crippen LogP contribution is -2.57. The van der Waals surface area contributed by atoms with Crippen LogP contribution in [0.15, 0.2) is 0 Å². The Labute approximate surface area is 97.6 Å². The van der Waals surface area contributed by atoms with E-state index in [1.807, 2.05) is 32.6 Å². The Hall–Kier alpha value is -0.220. The maximum absolute atomic E-state index is 12.1. The number of ether oxygens (including phenoxy) is 1. The van der Waals surface area contributed by atoms with Crippen molar-refractivity contribution < 1.29 is 9.53 Å². The van der Waals surface area contributed by atoms with Crippen LogP contribution in [0.1, 0.15) is 27.7 Å². The van der Waals surface area contributed by atoms with Crippen molar-refractivity contribution in [2.24, 2.45) is 5.92 Å². The zero-order valence-corrected chi connectivity index (χ0v) is 10.9. The van der Waals surface area contributed by atoms with Crippen LogP contribution >= 0.6 is 12.6 Å². The first-order chi connectivity index (χ1) is 6.86. The summed E-state index contributed by atoms with van der Waals surface area (Å²) in [5.74, 6) is 0.390. The molecule has 1 atom stereocenters. The van der Waals surface area contributed by atoms with Crippen LogP contribution in [0, 0.1) is 5.92 Å². The number of carbonyl (C=O) groups excluding carboxylic acids is 1. The smallest absolute Gasteiger partial charge is 0.236 e. The van der Waals surface area contributed by atoms with Gasteiger partial charge < -0.3 is 9.64 Å². The van der Waals surface area contributed by atoms with Crippen molar-refractivity contribution >= 4 is 18.5 Å². The number of carbonyl (C=O) groups is 1. The molecular formula is C11H21NO2S. The molecule has 1 unspecified atom stereocenters. The van der Waals surface area contributed by atoms with Gasteiger partial charge in [-0.25, -0.2) is 0 Å². The second kappa shape index (κ2) is 4.74. The minimum Gasteiger partial charge on any atom is -0.377 e. The molecular weight excluding hydrogens is 210 g/mol. The zero-order chi connectivity index (χ0) is 11.6. The predicted octanol–water partition coefficient (Wildman–Crippen LogP) is 1.58. The normalized spacial score (nSPS) is 22.9. The van der Waals surface area contributed by atoms with Crippen LogP contribution in [0.2, 0.25) is 0 Å². The third-order valence-corrected chi connectivity index (χ3v) is 3.61. The number of morpholine rings is 1. The summed E-state index contributed by atoms with van der Waals surface area (Å²) >= 11 is 4.38. The fourth-order valence-corrected chi connectivity index (χ4v) is 1.85. The van der Waals surface area contributed by atoms with E-state index >= 15 is 0 Å². The molecule has 15 heavy (non-hydrogen) atoms. The SMILES string of the molecule is CC(C)C(S)C(=O)N1CCOCC1(C)C. The van der Waals surface area contributed by atoms with E-state index in [0.717, 1.165) is 0 Å². The van der Waals surface area contributed by atoms with Gasteiger partial charge in [-0.1, -0.05) is 13.8 Å². The summed E-state index contributed by atoms with van der Waals surface area (Å²) in [5.41, 5.74) is -0.203. The van der Waals surface area contributed by atoms with Crippen LogP contribution in [-0.4, -0.2) is 41.4 Å². The van der Waals surface area contributed by atoms with Crippen molar-refractivity contribution in [3.05, 3.63) is 0 Å². The third kappa shape index (κ3) is 2.88. The summed E-state index contributed by atoms with van der Waals surface area (Å²) in [5, 5.41) is -0.206. The molecule has 0 radical (unpaired) electrons. The second-order valence-corrected chi connectivity index (χ2v) is 5.60.